The molecule has 0 bridgehead atoms. The third kappa shape index (κ3) is 3.24. The highest BCUT2D eigenvalue weighted by molar-refractivity contribution is 5.98. The van der Waals surface area contributed by atoms with Crippen molar-refractivity contribution in [1.82, 2.24) is 5.16 Å². The fraction of sp³-hybridized carbons (Fsp3) is 0.375. The number of nitrogens with two attached hydrogens (primary N) is 1. The number of hydrogen-bond donors (Lipinski definition) is 1. The summed E-state index contributed by atoms with van der Waals surface area (Å²) < 4.78 is 10.8. The van der Waals surface area contributed by atoms with E-state index < -0.39 is 0 Å². The molecule has 0 aliphatic heterocycles. The van der Waals surface area contributed by atoms with E-state index in [1.165, 1.54) is 0 Å². The Kier molecular flexibility index (Phi) is 4.31. The molecular formula is C16H20N2O3. The SMILES string of the molecule is Cc1noc(C)c1COc1ccc(C(=O)C(C)C)cc1N. The number of nitrogens with zero attached hydrogens (tertiary/aromatic N) is 1. The maximum atomic E-state index is 11.9. The number of carbonyl (C=O) groups excluding carboxylic acids is 1. The molecule has 0 saturated carbocycles. The molecule has 2 rings (SSSR count). The van der Waals surface area contributed by atoms with Crippen molar-refractivity contribution < 1.29 is 14.1 Å². The summed E-state index contributed by atoms with van der Waals surface area (Å²) in [6.45, 7) is 7.76. The highest BCUT2D eigenvalue weighted by Crippen LogP contribution is 2.25. The van der Waals surface area contributed by atoms with Crippen molar-refractivity contribution in [1.29, 1.82) is 0 Å². The largest absolute Gasteiger partial charge is 0.487 e. The lowest BCUT2D eigenvalue weighted by molar-refractivity contribution is 0.0939. The Morgan fingerprint density at radius 2 is 2.10 bits per heavy atom. The molecule has 0 fully saturated rings. The maximum absolute atomic E-state index is 11.9. The first-order valence-corrected chi connectivity index (χ1v) is 6.88. The van der Waals surface area contributed by atoms with Gasteiger partial charge in [-0.05, 0) is 32.0 Å². The molecule has 0 saturated heterocycles. The summed E-state index contributed by atoms with van der Waals surface area (Å²) in [7, 11) is 0. The number of anilines is 1. The molecule has 1 aromatic heterocycles. The van der Waals surface area contributed by atoms with Gasteiger partial charge in [0.05, 0.1) is 16.9 Å². The lowest BCUT2D eigenvalue weighted by Gasteiger charge is -2.11. The number of carbonyl (C=O) groups is 1. The van der Waals surface area contributed by atoms with Crippen LogP contribution < -0.4 is 10.5 Å². The van der Waals surface area contributed by atoms with Crippen LogP contribution in [0.3, 0.4) is 0 Å². The normalized spacial score (nSPS) is 10.9. The Labute approximate surface area is 124 Å². The maximum Gasteiger partial charge on any atom is 0.165 e. The zero-order chi connectivity index (χ0) is 15.6. The molecule has 21 heavy (non-hydrogen) atoms. The van der Waals surface area contributed by atoms with Gasteiger partial charge in [0.2, 0.25) is 0 Å². The number of hydrogen-bond acceptors (Lipinski definition) is 5. The summed E-state index contributed by atoms with van der Waals surface area (Å²) in [4.78, 5) is 11.9. The van der Waals surface area contributed by atoms with Gasteiger partial charge in [0.15, 0.2) is 5.78 Å². The van der Waals surface area contributed by atoms with Crippen LogP contribution in [0.25, 0.3) is 0 Å². The van der Waals surface area contributed by atoms with Crippen molar-refractivity contribution in [3.63, 3.8) is 0 Å². The van der Waals surface area contributed by atoms with Crippen LogP contribution in [0, 0.1) is 19.8 Å². The summed E-state index contributed by atoms with van der Waals surface area (Å²) in [5.74, 6) is 1.30. The van der Waals surface area contributed by atoms with E-state index in [2.05, 4.69) is 5.16 Å². The van der Waals surface area contributed by atoms with E-state index in [0.717, 1.165) is 17.0 Å². The molecule has 5 nitrogen and oxygen atoms in total. The van der Waals surface area contributed by atoms with Crippen molar-refractivity contribution in [3.05, 3.63) is 40.8 Å². The fourth-order valence-corrected chi connectivity index (χ4v) is 2.02. The van der Waals surface area contributed by atoms with Gasteiger partial charge in [-0.3, -0.25) is 4.79 Å². The summed E-state index contributed by atoms with van der Waals surface area (Å²) in [5, 5.41) is 3.88. The number of aromatic nitrogens is 1. The zero-order valence-electron chi connectivity index (χ0n) is 12.8. The second-order valence-electron chi connectivity index (χ2n) is 5.36. The summed E-state index contributed by atoms with van der Waals surface area (Å²) >= 11 is 0. The standard InChI is InChI=1S/C16H20N2O3/c1-9(2)16(19)12-5-6-15(14(17)7-12)20-8-13-10(3)18-21-11(13)4/h5-7,9H,8,17H2,1-4H3. The van der Waals surface area contributed by atoms with Gasteiger partial charge in [-0.1, -0.05) is 19.0 Å². The number of aryl methyl sites for hydroxylation is 2. The minimum absolute atomic E-state index is 0.0570. The van der Waals surface area contributed by atoms with Crippen molar-refractivity contribution in [2.45, 2.75) is 34.3 Å². The third-order valence-electron chi connectivity index (χ3n) is 3.37. The first kappa shape index (κ1) is 15.1. The molecule has 2 aromatic rings. The van der Waals surface area contributed by atoms with Crippen LogP contribution >= 0.6 is 0 Å². The molecule has 0 amide bonds. The fourth-order valence-electron chi connectivity index (χ4n) is 2.02. The number of ether oxygens (including phenoxy) is 1. The molecule has 1 heterocycles. The first-order chi connectivity index (χ1) is 9.90. The van der Waals surface area contributed by atoms with Gasteiger partial charge in [0, 0.05) is 11.5 Å². The topological polar surface area (TPSA) is 78.4 Å². The van der Waals surface area contributed by atoms with Gasteiger partial charge < -0.3 is 15.0 Å². The Morgan fingerprint density at radius 3 is 2.62 bits per heavy atom. The van der Waals surface area contributed by atoms with Gasteiger partial charge in [0.1, 0.15) is 18.1 Å². The van der Waals surface area contributed by atoms with Crippen LogP contribution in [0.4, 0.5) is 5.69 Å². The Balaban J connectivity index is 2.13. The van der Waals surface area contributed by atoms with Crippen molar-refractivity contribution in [2.24, 2.45) is 5.92 Å². The summed E-state index contributed by atoms with van der Waals surface area (Å²) in [5.41, 5.74) is 8.73. The summed E-state index contributed by atoms with van der Waals surface area (Å²) in [6, 6.07) is 5.12. The Hall–Kier alpha value is -2.30. The predicted molar refractivity (Wildman–Crippen MR) is 80.3 cm³/mol. The van der Waals surface area contributed by atoms with Crippen LogP contribution in [-0.2, 0) is 6.61 Å². The van der Waals surface area contributed by atoms with Crippen LogP contribution in [0.1, 0.15) is 41.2 Å². The smallest absolute Gasteiger partial charge is 0.165 e. The average Bonchev–Trinajstić information content (AvgIpc) is 2.76. The molecule has 112 valence electrons. The molecule has 0 aliphatic rings. The molecule has 5 heteroatoms. The van der Waals surface area contributed by atoms with Gasteiger partial charge in [-0.2, -0.15) is 0 Å². The lowest BCUT2D eigenvalue weighted by atomic mass is 10.0. The van der Waals surface area contributed by atoms with E-state index in [1.54, 1.807) is 18.2 Å². The predicted octanol–water partition coefficient (Wildman–Crippen LogP) is 3.29. The monoisotopic (exact) mass is 288 g/mol. The van der Waals surface area contributed by atoms with Crippen LogP contribution in [0.2, 0.25) is 0 Å². The number of ketones is 1. The number of rotatable bonds is 5. The van der Waals surface area contributed by atoms with E-state index >= 15 is 0 Å². The minimum atomic E-state index is -0.0570. The quantitative estimate of drug-likeness (QED) is 0.674. The second kappa shape index (κ2) is 5.99. The number of Topliss-reactive ketones (excluding diaryl/α,β-unsaturated/α-hetero) is 1. The van der Waals surface area contributed by atoms with Gasteiger partial charge in [-0.15, -0.1) is 0 Å². The molecular weight excluding hydrogens is 268 g/mol. The van der Waals surface area contributed by atoms with Gasteiger partial charge in [-0.25, -0.2) is 0 Å². The van der Waals surface area contributed by atoms with E-state index in [0.29, 0.717) is 23.6 Å². The molecule has 0 unspecified atom stereocenters. The van der Waals surface area contributed by atoms with E-state index in [9.17, 15) is 4.79 Å². The summed E-state index contributed by atoms with van der Waals surface area (Å²) in [6.07, 6.45) is 0. The van der Waals surface area contributed by atoms with Crippen LogP contribution in [0.5, 0.6) is 5.75 Å². The van der Waals surface area contributed by atoms with E-state index in [1.807, 2.05) is 27.7 Å². The average molecular weight is 288 g/mol. The van der Waals surface area contributed by atoms with Crippen LogP contribution in [-0.4, -0.2) is 10.9 Å². The highest BCUT2D eigenvalue weighted by atomic mass is 16.5. The lowest BCUT2D eigenvalue weighted by Crippen LogP contribution is -2.08. The highest BCUT2D eigenvalue weighted by Gasteiger charge is 2.14. The molecule has 1 aromatic carbocycles. The molecule has 0 spiro atoms. The van der Waals surface area contributed by atoms with Gasteiger partial charge >= 0.3 is 0 Å². The van der Waals surface area contributed by atoms with E-state index in [-0.39, 0.29) is 11.7 Å². The number of nitrogen functional groups attached to an aromatic ring is 1. The molecule has 2 N–H and O–H groups in total. The van der Waals surface area contributed by atoms with Crippen molar-refractivity contribution >= 4 is 11.5 Å². The van der Waals surface area contributed by atoms with E-state index in [4.69, 9.17) is 15.0 Å². The van der Waals surface area contributed by atoms with Crippen molar-refractivity contribution in [2.75, 3.05) is 5.73 Å². The second-order valence-corrected chi connectivity index (χ2v) is 5.36. The zero-order valence-corrected chi connectivity index (χ0v) is 12.8. The van der Waals surface area contributed by atoms with Crippen molar-refractivity contribution in [3.8, 4) is 5.75 Å². The molecule has 0 radical (unpaired) electrons. The molecule has 0 aliphatic carbocycles. The molecule has 0 atom stereocenters. The van der Waals surface area contributed by atoms with Gasteiger partial charge in [0.25, 0.3) is 0 Å². The first-order valence-electron chi connectivity index (χ1n) is 6.88. The Bertz CT molecular complexity index is 640. The third-order valence-corrected chi connectivity index (χ3v) is 3.37. The Morgan fingerprint density at radius 1 is 1.38 bits per heavy atom. The van der Waals surface area contributed by atoms with Crippen LogP contribution in [0.15, 0.2) is 22.7 Å². The number of benzene rings is 1. The minimum Gasteiger partial charge on any atom is -0.487 e.